The fraction of sp³-hybridized carbons (Fsp3) is 0.562. The Kier molecular flexibility index (Phi) is 5.41. The van der Waals surface area contributed by atoms with Crippen LogP contribution in [0.25, 0.3) is 0 Å². The summed E-state index contributed by atoms with van der Waals surface area (Å²) in [6.07, 6.45) is 5.41. The number of rotatable bonds is 7. The lowest BCUT2D eigenvalue weighted by atomic mass is 9.81. The smallest absolute Gasteiger partial charge is 0.250 e. The topological polar surface area (TPSA) is 50.4 Å². The predicted molar refractivity (Wildman–Crippen MR) is 82.0 cm³/mol. The number of nitrogens with one attached hydrogen (secondary N) is 2. The second kappa shape index (κ2) is 7.29. The van der Waals surface area contributed by atoms with Crippen molar-refractivity contribution in [1.82, 2.24) is 0 Å². The van der Waals surface area contributed by atoms with Crippen LogP contribution in [-0.4, -0.2) is 25.7 Å². The van der Waals surface area contributed by atoms with Gasteiger partial charge in [-0.05, 0) is 43.5 Å². The summed E-state index contributed by atoms with van der Waals surface area (Å²) in [6, 6.07) is 8.31. The summed E-state index contributed by atoms with van der Waals surface area (Å²) in [4.78, 5) is 11.4. The van der Waals surface area contributed by atoms with Crippen LogP contribution in [0.15, 0.2) is 24.3 Å². The fourth-order valence-electron chi connectivity index (χ4n) is 2.55. The number of benzene rings is 1. The number of anilines is 2. The standard InChI is InChI=1S/C16H24N2O2/c1-12(10-13-4-3-5-13)17-14-6-8-15(9-7-14)18-16(19)11-20-2/h6-9,12-13,17H,3-5,10-11H2,1-2H3,(H,18,19). The SMILES string of the molecule is COCC(=O)Nc1ccc(NC(C)CC2CCC2)cc1. The first-order chi connectivity index (χ1) is 9.67. The van der Waals surface area contributed by atoms with E-state index in [2.05, 4.69) is 17.6 Å². The summed E-state index contributed by atoms with van der Waals surface area (Å²) in [5.74, 6) is 0.775. The molecule has 1 unspecified atom stereocenters. The number of hydrogen-bond donors (Lipinski definition) is 2. The maximum absolute atomic E-state index is 11.4. The monoisotopic (exact) mass is 276 g/mol. The van der Waals surface area contributed by atoms with Gasteiger partial charge in [-0.25, -0.2) is 0 Å². The Morgan fingerprint density at radius 3 is 2.50 bits per heavy atom. The first kappa shape index (κ1) is 14.9. The second-order valence-electron chi connectivity index (χ2n) is 5.64. The molecule has 2 N–H and O–H groups in total. The summed E-state index contributed by atoms with van der Waals surface area (Å²) in [7, 11) is 1.51. The molecule has 20 heavy (non-hydrogen) atoms. The Balaban J connectivity index is 1.79. The Bertz CT molecular complexity index is 427. The van der Waals surface area contributed by atoms with E-state index in [4.69, 9.17) is 4.74 Å². The first-order valence-corrected chi connectivity index (χ1v) is 7.32. The zero-order valence-corrected chi connectivity index (χ0v) is 12.3. The van der Waals surface area contributed by atoms with Gasteiger partial charge < -0.3 is 15.4 Å². The molecule has 1 aromatic carbocycles. The molecule has 4 nitrogen and oxygen atoms in total. The average molecular weight is 276 g/mol. The van der Waals surface area contributed by atoms with Crippen molar-refractivity contribution in [3.05, 3.63) is 24.3 Å². The zero-order chi connectivity index (χ0) is 14.4. The molecule has 1 aromatic rings. The van der Waals surface area contributed by atoms with Gasteiger partial charge in [-0.15, -0.1) is 0 Å². The van der Waals surface area contributed by atoms with Crippen molar-refractivity contribution < 1.29 is 9.53 Å². The van der Waals surface area contributed by atoms with Gasteiger partial charge in [0.1, 0.15) is 6.61 Å². The molecular weight excluding hydrogens is 252 g/mol. The molecule has 0 radical (unpaired) electrons. The molecule has 1 aliphatic rings. The number of carbonyl (C=O) groups excluding carboxylic acids is 1. The quantitative estimate of drug-likeness (QED) is 0.803. The van der Waals surface area contributed by atoms with Gasteiger partial charge in [0.2, 0.25) is 5.91 Å². The molecule has 2 rings (SSSR count). The van der Waals surface area contributed by atoms with Gasteiger partial charge in [0.05, 0.1) is 0 Å². The van der Waals surface area contributed by atoms with E-state index in [-0.39, 0.29) is 12.5 Å². The minimum atomic E-state index is -0.133. The van der Waals surface area contributed by atoms with E-state index in [1.807, 2.05) is 24.3 Å². The van der Waals surface area contributed by atoms with E-state index < -0.39 is 0 Å². The van der Waals surface area contributed by atoms with Crippen molar-refractivity contribution in [3.63, 3.8) is 0 Å². The van der Waals surface area contributed by atoms with Gasteiger partial charge in [0, 0.05) is 24.5 Å². The molecule has 0 aromatic heterocycles. The summed E-state index contributed by atoms with van der Waals surface area (Å²) in [5.41, 5.74) is 1.89. The van der Waals surface area contributed by atoms with Gasteiger partial charge in [-0.1, -0.05) is 19.3 Å². The van der Waals surface area contributed by atoms with Crippen LogP contribution in [0.4, 0.5) is 11.4 Å². The Labute approximate surface area is 120 Å². The Morgan fingerprint density at radius 1 is 1.30 bits per heavy atom. The summed E-state index contributed by atoms with van der Waals surface area (Å²) in [5, 5.41) is 6.29. The van der Waals surface area contributed by atoms with Gasteiger partial charge in [-0.3, -0.25) is 4.79 Å². The molecule has 0 heterocycles. The van der Waals surface area contributed by atoms with E-state index >= 15 is 0 Å². The van der Waals surface area contributed by atoms with Crippen LogP contribution in [0.5, 0.6) is 0 Å². The molecule has 0 bridgehead atoms. The molecule has 1 amide bonds. The van der Waals surface area contributed by atoms with E-state index in [9.17, 15) is 4.79 Å². The van der Waals surface area contributed by atoms with Crippen LogP contribution in [0.3, 0.4) is 0 Å². The van der Waals surface area contributed by atoms with Crippen molar-refractivity contribution in [1.29, 1.82) is 0 Å². The number of hydrogen-bond acceptors (Lipinski definition) is 3. The van der Waals surface area contributed by atoms with Crippen molar-refractivity contribution >= 4 is 17.3 Å². The largest absolute Gasteiger partial charge is 0.383 e. The third-order valence-corrected chi connectivity index (χ3v) is 3.77. The second-order valence-corrected chi connectivity index (χ2v) is 5.64. The van der Waals surface area contributed by atoms with E-state index in [0.717, 1.165) is 17.3 Å². The van der Waals surface area contributed by atoms with Crippen LogP contribution in [0.2, 0.25) is 0 Å². The van der Waals surface area contributed by atoms with Gasteiger partial charge in [-0.2, -0.15) is 0 Å². The lowest BCUT2D eigenvalue weighted by Crippen LogP contribution is -2.23. The van der Waals surface area contributed by atoms with Gasteiger partial charge >= 0.3 is 0 Å². The predicted octanol–water partition coefficient (Wildman–Crippen LogP) is 3.26. The maximum atomic E-state index is 11.4. The molecule has 1 atom stereocenters. The number of ether oxygens (including phenoxy) is 1. The minimum Gasteiger partial charge on any atom is -0.383 e. The lowest BCUT2D eigenvalue weighted by molar-refractivity contribution is -0.119. The van der Waals surface area contributed by atoms with Crippen molar-refractivity contribution in [3.8, 4) is 0 Å². The Morgan fingerprint density at radius 2 is 1.95 bits per heavy atom. The van der Waals surface area contributed by atoms with Gasteiger partial charge in [0.25, 0.3) is 0 Å². The molecule has 4 heteroatoms. The first-order valence-electron chi connectivity index (χ1n) is 7.32. The number of methoxy groups -OCH3 is 1. The normalized spacial score (nSPS) is 16.3. The van der Waals surface area contributed by atoms with Crippen molar-refractivity contribution in [2.75, 3.05) is 24.4 Å². The minimum absolute atomic E-state index is 0.0818. The van der Waals surface area contributed by atoms with Crippen molar-refractivity contribution in [2.45, 2.75) is 38.6 Å². The van der Waals surface area contributed by atoms with E-state index in [1.165, 1.54) is 32.8 Å². The third-order valence-electron chi connectivity index (χ3n) is 3.77. The molecular formula is C16H24N2O2. The summed E-state index contributed by atoms with van der Waals surface area (Å²) in [6.45, 7) is 2.31. The highest BCUT2D eigenvalue weighted by atomic mass is 16.5. The highest BCUT2D eigenvalue weighted by Gasteiger charge is 2.19. The average Bonchev–Trinajstić information content (AvgIpc) is 2.37. The van der Waals surface area contributed by atoms with Crippen LogP contribution < -0.4 is 10.6 Å². The summed E-state index contributed by atoms with van der Waals surface area (Å²) >= 11 is 0. The molecule has 1 fully saturated rings. The van der Waals surface area contributed by atoms with E-state index in [1.54, 1.807) is 0 Å². The van der Waals surface area contributed by atoms with Crippen LogP contribution in [0.1, 0.15) is 32.6 Å². The zero-order valence-electron chi connectivity index (χ0n) is 12.3. The highest BCUT2D eigenvalue weighted by Crippen LogP contribution is 2.31. The van der Waals surface area contributed by atoms with Crippen LogP contribution in [-0.2, 0) is 9.53 Å². The molecule has 0 saturated heterocycles. The van der Waals surface area contributed by atoms with Crippen molar-refractivity contribution in [2.24, 2.45) is 5.92 Å². The van der Waals surface area contributed by atoms with Crippen LogP contribution in [0, 0.1) is 5.92 Å². The number of carbonyl (C=O) groups is 1. The molecule has 110 valence electrons. The Hall–Kier alpha value is -1.55. The molecule has 0 aliphatic heterocycles. The lowest BCUT2D eigenvalue weighted by Gasteiger charge is -2.28. The third kappa shape index (κ3) is 4.53. The van der Waals surface area contributed by atoms with E-state index in [0.29, 0.717) is 6.04 Å². The van der Waals surface area contributed by atoms with Gasteiger partial charge in [0.15, 0.2) is 0 Å². The van der Waals surface area contributed by atoms with Crippen LogP contribution >= 0.6 is 0 Å². The molecule has 1 saturated carbocycles. The molecule has 1 aliphatic carbocycles. The maximum Gasteiger partial charge on any atom is 0.250 e. The number of amides is 1. The highest BCUT2D eigenvalue weighted by molar-refractivity contribution is 5.91. The molecule has 0 spiro atoms. The fourth-order valence-corrected chi connectivity index (χ4v) is 2.55. The summed E-state index contributed by atoms with van der Waals surface area (Å²) < 4.78 is 4.78.